The van der Waals surface area contributed by atoms with Gasteiger partial charge in [0.2, 0.25) is 5.91 Å². The molecule has 3 aliphatic heterocycles. The molecule has 6 heterocycles. The van der Waals surface area contributed by atoms with E-state index in [1.165, 1.54) is 23.5 Å². The zero-order valence-corrected chi connectivity index (χ0v) is 25.5. The topological polar surface area (TPSA) is 90.0 Å². The number of amides is 1. The van der Waals surface area contributed by atoms with Crippen LogP contribution in [0.5, 0.6) is 0 Å². The lowest BCUT2D eigenvalue weighted by atomic mass is 9.78. The van der Waals surface area contributed by atoms with Gasteiger partial charge in [0.05, 0.1) is 29.4 Å². The lowest BCUT2D eigenvalue weighted by Crippen LogP contribution is -2.60. The molecule has 1 atom stereocenters. The number of benzene rings is 1. The van der Waals surface area contributed by atoms with E-state index < -0.39 is 0 Å². The molecule has 222 valence electrons. The third-order valence-corrected chi connectivity index (χ3v) is 10.2. The lowest BCUT2D eigenvalue weighted by molar-refractivity contribution is -0.146. The molecule has 0 saturated carbocycles. The predicted octanol–water partition coefficient (Wildman–Crippen LogP) is 5.18. The van der Waals surface area contributed by atoms with Crippen LogP contribution in [-0.4, -0.2) is 71.8 Å². The fraction of sp³-hybridized carbons (Fsp3) is 0.438. The number of halogens is 1. The maximum absolute atomic E-state index is 13.6. The lowest BCUT2D eigenvalue weighted by Gasteiger charge is -2.48. The van der Waals surface area contributed by atoms with Crippen molar-refractivity contribution in [2.45, 2.75) is 33.1 Å². The second-order valence-electron chi connectivity index (χ2n) is 12.1. The summed E-state index contributed by atoms with van der Waals surface area (Å²) in [6.45, 7) is 8.93. The van der Waals surface area contributed by atoms with Crippen LogP contribution in [0.15, 0.2) is 36.4 Å². The SMILES string of the molecule is CCc1nn2c(C)cc(N3CCC4(CN(C(=O)[C@H]5CCOC5)C4)C3)cc2c1N(C)c1nc(-c2ccc(F)cc2)c(C#N)s1. The number of fused-ring (bicyclic) bond motifs is 1. The van der Waals surface area contributed by atoms with Crippen molar-refractivity contribution in [3.05, 3.63) is 58.5 Å². The highest BCUT2D eigenvalue weighted by molar-refractivity contribution is 7.16. The summed E-state index contributed by atoms with van der Waals surface area (Å²) in [5.41, 5.74) is 6.49. The van der Waals surface area contributed by atoms with E-state index in [0.29, 0.717) is 34.5 Å². The Morgan fingerprint density at radius 2 is 2.05 bits per heavy atom. The molecule has 9 nitrogen and oxygen atoms in total. The number of anilines is 3. The maximum atomic E-state index is 13.6. The Kier molecular flexibility index (Phi) is 6.86. The van der Waals surface area contributed by atoms with Crippen molar-refractivity contribution in [2.24, 2.45) is 11.3 Å². The Hall–Kier alpha value is -4.01. The van der Waals surface area contributed by atoms with Gasteiger partial charge in [-0.3, -0.25) is 4.79 Å². The van der Waals surface area contributed by atoms with E-state index >= 15 is 0 Å². The van der Waals surface area contributed by atoms with Gasteiger partial charge in [0.25, 0.3) is 0 Å². The van der Waals surface area contributed by atoms with Crippen molar-refractivity contribution in [3.63, 3.8) is 0 Å². The van der Waals surface area contributed by atoms with Gasteiger partial charge >= 0.3 is 0 Å². The molecule has 0 bridgehead atoms. The van der Waals surface area contributed by atoms with Crippen LogP contribution < -0.4 is 9.80 Å². The molecular formula is C32H34FN7O2S. The standard InChI is InChI=1S/C32H34FN7O2S/c1-4-25-29(37(3)31-35-28(27(15-34)43-31)21-5-7-23(33)8-6-21)26-14-24(13-20(2)40(26)36-25)38-11-10-32(17-38)18-39(19-32)30(41)22-9-12-42-16-22/h5-8,13-14,22H,4,9-12,16-19H2,1-3H3/t22-/m0/s1. The number of nitriles is 1. The number of aryl methyl sites for hydroxylation is 2. The Labute approximate surface area is 254 Å². The van der Waals surface area contributed by atoms with E-state index in [1.807, 2.05) is 21.4 Å². The Balaban J connectivity index is 1.17. The monoisotopic (exact) mass is 599 g/mol. The van der Waals surface area contributed by atoms with E-state index in [-0.39, 0.29) is 23.1 Å². The van der Waals surface area contributed by atoms with Crippen molar-refractivity contribution >= 4 is 39.3 Å². The van der Waals surface area contributed by atoms with Gasteiger partial charge in [0.15, 0.2) is 5.13 Å². The zero-order chi connectivity index (χ0) is 29.9. The molecule has 3 saturated heterocycles. The van der Waals surface area contributed by atoms with Gasteiger partial charge in [-0.05, 0) is 62.6 Å². The number of likely N-dealkylation sites (tertiary alicyclic amines) is 1. The molecular weight excluding hydrogens is 565 g/mol. The molecule has 1 amide bonds. The third kappa shape index (κ3) is 4.73. The van der Waals surface area contributed by atoms with E-state index in [9.17, 15) is 14.4 Å². The molecule has 3 fully saturated rings. The highest BCUT2D eigenvalue weighted by atomic mass is 32.1. The normalized spacial score (nSPS) is 19.3. The molecule has 0 aliphatic carbocycles. The average molecular weight is 600 g/mol. The van der Waals surface area contributed by atoms with Crippen LogP contribution in [0.3, 0.4) is 0 Å². The summed E-state index contributed by atoms with van der Waals surface area (Å²) >= 11 is 1.32. The summed E-state index contributed by atoms with van der Waals surface area (Å²) in [6, 6.07) is 12.8. The van der Waals surface area contributed by atoms with E-state index in [1.54, 1.807) is 12.1 Å². The number of hydrogen-bond acceptors (Lipinski definition) is 8. The molecule has 7 rings (SSSR count). The van der Waals surface area contributed by atoms with Gasteiger partial charge in [0, 0.05) is 62.2 Å². The van der Waals surface area contributed by atoms with Gasteiger partial charge < -0.3 is 19.4 Å². The first-order valence-electron chi connectivity index (χ1n) is 14.8. The van der Waals surface area contributed by atoms with Crippen molar-refractivity contribution < 1.29 is 13.9 Å². The Bertz CT molecular complexity index is 1750. The minimum atomic E-state index is -0.328. The summed E-state index contributed by atoms with van der Waals surface area (Å²) in [4.78, 5) is 24.7. The molecule has 0 unspecified atom stereocenters. The number of rotatable bonds is 6. The zero-order valence-electron chi connectivity index (χ0n) is 24.6. The van der Waals surface area contributed by atoms with Crippen LogP contribution in [0, 0.1) is 35.4 Å². The summed E-state index contributed by atoms with van der Waals surface area (Å²) in [5.74, 6) is -0.0489. The number of hydrogen-bond donors (Lipinski definition) is 0. The first-order chi connectivity index (χ1) is 20.8. The number of nitrogens with zero attached hydrogens (tertiary/aromatic N) is 7. The fourth-order valence-corrected chi connectivity index (χ4v) is 7.71. The molecule has 3 aromatic heterocycles. The van der Waals surface area contributed by atoms with Gasteiger partial charge in [0.1, 0.15) is 22.5 Å². The van der Waals surface area contributed by atoms with Gasteiger partial charge in [-0.2, -0.15) is 10.4 Å². The van der Waals surface area contributed by atoms with Crippen molar-refractivity contribution in [3.8, 4) is 17.3 Å². The number of pyridine rings is 1. The summed E-state index contributed by atoms with van der Waals surface area (Å²) in [5, 5.41) is 15.5. The first-order valence-corrected chi connectivity index (χ1v) is 15.6. The number of thiazole rings is 1. The molecule has 1 spiro atoms. The summed E-state index contributed by atoms with van der Waals surface area (Å²) in [6.07, 6.45) is 2.64. The predicted molar refractivity (Wildman–Crippen MR) is 164 cm³/mol. The minimum absolute atomic E-state index is 0.0267. The molecule has 0 N–H and O–H groups in total. The Morgan fingerprint density at radius 1 is 1.26 bits per heavy atom. The number of ether oxygens (including phenoxy) is 1. The fourth-order valence-electron chi connectivity index (χ4n) is 6.86. The van der Waals surface area contributed by atoms with Crippen LogP contribution in [0.25, 0.3) is 16.8 Å². The van der Waals surface area contributed by atoms with Crippen molar-refractivity contribution in [1.29, 1.82) is 5.26 Å². The molecule has 11 heteroatoms. The highest BCUT2D eigenvalue weighted by Crippen LogP contribution is 2.44. The first kappa shape index (κ1) is 27.8. The molecule has 43 heavy (non-hydrogen) atoms. The Morgan fingerprint density at radius 3 is 2.74 bits per heavy atom. The van der Waals surface area contributed by atoms with E-state index in [0.717, 1.165) is 73.7 Å². The second-order valence-corrected chi connectivity index (χ2v) is 13.1. The van der Waals surface area contributed by atoms with Crippen molar-refractivity contribution in [1.82, 2.24) is 19.5 Å². The summed E-state index contributed by atoms with van der Waals surface area (Å²) in [7, 11) is 1.97. The smallest absolute Gasteiger partial charge is 0.228 e. The van der Waals surface area contributed by atoms with Crippen molar-refractivity contribution in [2.75, 3.05) is 56.2 Å². The quantitative estimate of drug-likeness (QED) is 0.302. The largest absolute Gasteiger partial charge is 0.381 e. The number of aromatic nitrogens is 3. The third-order valence-electron chi connectivity index (χ3n) is 9.18. The number of carbonyl (C=O) groups excluding carboxylic acids is 1. The average Bonchev–Trinajstić information content (AvgIpc) is 3.80. The molecule has 3 aliphatic rings. The summed E-state index contributed by atoms with van der Waals surface area (Å²) < 4.78 is 21.0. The minimum Gasteiger partial charge on any atom is -0.381 e. The van der Waals surface area contributed by atoms with E-state index in [4.69, 9.17) is 14.8 Å². The molecule has 1 aromatic carbocycles. The van der Waals surface area contributed by atoms with E-state index in [2.05, 4.69) is 36.9 Å². The molecule has 4 aromatic rings. The van der Waals surface area contributed by atoms with Gasteiger partial charge in [-0.15, -0.1) is 0 Å². The highest BCUT2D eigenvalue weighted by Gasteiger charge is 2.50. The second kappa shape index (κ2) is 10.6. The van der Waals surface area contributed by atoms with Crippen LogP contribution in [-0.2, 0) is 16.0 Å². The maximum Gasteiger partial charge on any atom is 0.228 e. The van der Waals surface area contributed by atoms with Gasteiger partial charge in [-0.1, -0.05) is 18.3 Å². The van der Waals surface area contributed by atoms with Crippen LogP contribution >= 0.6 is 11.3 Å². The van der Waals surface area contributed by atoms with Crippen LogP contribution in [0.4, 0.5) is 20.9 Å². The molecule has 0 radical (unpaired) electrons. The van der Waals surface area contributed by atoms with Gasteiger partial charge in [-0.25, -0.2) is 13.9 Å². The van der Waals surface area contributed by atoms with Crippen LogP contribution in [0.1, 0.15) is 36.0 Å². The van der Waals surface area contributed by atoms with Crippen LogP contribution in [0.2, 0.25) is 0 Å². The number of carbonyl (C=O) groups is 1.